The van der Waals surface area contributed by atoms with Gasteiger partial charge < -0.3 is 5.32 Å². The predicted octanol–water partition coefficient (Wildman–Crippen LogP) is 4.96. The molecule has 0 aliphatic heterocycles. The summed E-state index contributed by atoms with van der Waals surface area (Å²) in [5.74, 6) is -0.199. The Morgan fingerprint density at radius 3 is 2.60 bits per heavy atom. The Kier molecular flexibility index (Phi) is 5.58. The van der Waals surface area contributed by atoms with E-state index in [1.54, 1.807) is 24.5 Å². The first-order valence-electron chi connectivity index (χ1n) is 9.08. The van der Waals surface area contributed by atoms with E-state index in [1.807, 2.05) is 41.8 Å². The molecule has 0 atom stereocenters. The summed E-state index contributed by atoms with van der Waals surface area (Å²) in [5.41, 5.74) is 4.05. The number of aromatic nitrogens is 2. The lowest BCUT2D eigenvalue weighted by atomic mass is 10.1. The van der Waals surface area contributed by atoms with Crippen LogP contribution < -0.4 is 5.32 Å². The lowest BCUT2D eigenvalue weighted by molar-refractivity contribution is -0.384. The van der Waals surface area contributed by atoms with Crippen molar-refractivity contribution in [2.45, 2.75) is 6.42 Å². The Morgan fingerprint density at radius 1 is 1.07 bits per heavy atom. The number of nitrogens with one attached hydrogen (secondary N) is 1. The third-order valence-electron chi connectivity index (χ3n) is 4.37. The molecule has 4 aromatic rings. The van der Waals surface area contributed by atoms with E-state index < -0.39 is 4.92 Å². The van der Waals surface area contributed by atoms with E-state index in [4.69, 9.17) is 0 Å². The lowest BCUT2D eigenvalue weighted by Crippen LogP contribution is -2.14. The molecule has 148 valence electrons. The number of carbonyl (C=O) groups is 1. The molecular weight excluding hydrogens is 400 g/mol. The number of amides is 1. The molecule has 2 heterocycles. The Hall–Kier alpha value is -3.91. The first-order chi connectivity index (χ1) is 14.6. The molecule has 2 aromatic heterocycles. The average molecular weight is 416 g/mol. The fraction of sp³-hybridized carbons (Fsp3) is 0.0455. The zero-order valence-electron chi connectivity index (χ0n) is 15.7. The summed E-state index contributed by atoms with van der Waals surface area (Å²) in [7, 11) is 0. The fourth-order valence-corrected chi connectivity index (χ4v) is 3.73. The van der Waals surface area contributed by atoms with Gasteiger partial charge in [0.1, 0.15) is 5.01 Å². The van der Waals surface area contributed by atoms with Gasteiger partial charge in [0.2, 0.25) is 5.91 Å². The van der Waals surface area contributed by atoms with Crippen molar-refractivity contribution in [2.75, 3.05) is 5.32 Å². The van der Waals surface area contributed by atoms with Crippen molar-refractivity contribution in [3.63, 3.8) is 0 Å². The third-order valence-corrected chi connectivity index (χ3v) is 5.26. The van der Waals surface area contributed by atoms with Crippen LogP contribution in [0.1, 0.15) is 5.56 Å². The Labute approximate surface area is 176 Å². The van der Waals surface area contributed by atoms with Gasteiger partial charge in [0.15, 0.2) is 0 Å². The van der Waals surface area contributed by atoms with Gasteiger partial charge in [-0.25, -0.2) is 4.98 Å². The number of nitro groups is 1. The zero-order chi connectivity index (χ0) is 20.9. The van der Waals surface area contributed by atoms with Crippen LogP contribution in [-0.2, 0) is 11.2 Å². The van der Waals surface area contributed by atoms with Crippen LogP contribution in [0.2, 0.25) is 0 Å². The summed E-state index contributed by atoms with van der Waals surface area (Å²) < 4.78 is 0. The quantitative estimate of drug-likeness (QED) is 0.354. The highest BCUT2D eigenvalue weighted by Crippen LogP contribution is 2.29. The van der Waals surface area contributed by atoms with Gasteiger partial charge in [-0.3, -0.25) is 19.9 Å². The molecule has 0 spiro atoms. The third kappa shape index (κ3) is 4.56. The van der Waals surface area contributed by atoms with Crippen molar-refractivity contribution in [2.24, 2.45) is 0 Å². The molecule has 0 radical (unpaired) electrons. The van der Waals surface area contributed by atoms with Crippen molar-refractivity contribution in [1.82, 2.24) is 9.97 Å². The maximum atomic E-state index is 12.4. The first-order valence-corrected chi connectivity index (χ1v) is 9.96. The Balaban J connectivity index is 1.45. The number of nitro benzene ring substituents is 1. The summed E-state index contributed by atoms with van der Waals surface area (Å²) in [6.07, 6.45) is 3.63. The molecule has 4 rings (SSSR count). The second-order valence-electron chi connectivity index (χ2n) is 6.51. The minimum absolute atomic E-state index is 0.000718. The maximum absolute atomic E-state index is 12.4. The molecule has 0 aliphatic carbocycles. The molecule has 30 heavy (non-hydrogen) atoms. The van der Waals surface area contributed by atoms with Crippen molar-refractivity contribution < 1.29 is 9.72 Å². The van der Waals surface area contributed by atoms with Gasteiger partial charge >= 0.3 is 0 Å². The molecule has 1 N–H and O–H groups in total. The molecule has 7 nitrogen and oxygen atoms in total. The Bertz CT molecular complexity index is 1190. The number of thiazole rings is 1. The van der Waals surface area contributed by atoms with Gasteiger partial charge in [0.05, 0.1) is 17.0 Å². The van der Waals surface area contributed by atoms with Gasteiger partial charge in [0, 0.05) is 46.7 Å². The second kappa shape index (κ2) is 8.62. The molecule has 0 bridgehead atoms. The van der Waals surface area contributed by atoms with E-state index in [0.717, 1.165) is 21.8 Å². The number of benzene rings is 2. The molecule has 0 saturated heterocycles. The Morgan fingerprint density at radius 2 is 1.87 bits per heavy atom. The smallest absolute Gasteiger partial charge is 0.269 e. The molecule has 8 heteroatoms. The van der Waals surface area contributed by atoms with Crippen molar-refractivity contribution in [3.8, 4) is 21.8 Å². The highest BCUT2D eigenvalue weighted by atomic mass is 32.1. The monoisotopic (exact) mass is 416 g/mol. The molecule has 0 unspecified atom stereocenters. The standard InChI is InChI=1S/C22H16N4O3S/c27-21(11-15-6-8-19(9-7-15)26(28)29)24-18-5-1-3-16(12-18)20-14-30-22(25-20)17-4-2-10-23-13-17/h1-10,12-14H,11H2,(H,24,27). The van der Waals surface area contributed by atoms with E-state index in [9.17, 15) is 14.9 Å². The van der Waals surface area contributed by atoms with Crippen LogP contribution in [0.4, 0.5) is 11.4 Å². The van der Waals surface area contributed by atoms with E-state index in [2.05, 4.69) is 15.3 Å². The number of hydrogen-bond donors (Lipinski definition) is 1. The highest BCUT2D eigenvalue weighted by Gasteiger charge is 2.10. The lowest BCUT2D eigenvalue weighted by Gasteiger charge is -2.07. The van der Waals surface area contributed by atoms with Crippen molar-refractivity contribution >= 4 is 28.6 Å². The average Bonchev–Trinajstić information content (AvgIpc) is 3.25. The number of non-ortho nitro benzene ring substituents is 1. The van der Waals surface area contributed by atoms with Gasteiger partial charge in [-0.1, -0.05) is 24.3 Å². The minimum atomic E-state index is -0.465. The molecule has 0 fully saturated rings. The van der Waals surface area contributed by atoms with Crippen molar-refractivity contribution in [1.29, 1.82) is 0 Å². The zero-order valence-corrected chi connectivity index (χ0v) is 16.5. The topological polar surface area (TPSA) is 98.0 Å². The normalized spacial score (nSPS) is 10.5. The number of carbonyl (C=O) groups excluding carboxylic acids is 1. The summed E-state index contributed by atoms with van der Waals surface area (Å²) >= 11 is 1.54. The van der Waals surface area contributed by atoms with E-state index >= 15 is 0 Å². The van der Waals surface area contributed by atoms with Crippen LogP contribution in [-0.4, -0.2) is 20.8 Å². The van der Waals surface area contributed by atoms with Crippen LogP contribution in [0.15, 0.2) is 78.4 Å². The van der Waals surface area contributed by atoms with Crippen LogP contribution in [0, 0.1) is 10.1 Å². The summed E-state index contributed by atoms with van der Waals surface area (Å²) in [4.78, 5) is 31.4. The number of nitrogens with zero attached hydrogens (tertiary/aromatic N) is 3. The molecule has 0 aliphatic rings. The maximum Gasteiger partial charge on any atom is 0.269 e. The van der Waals surface area contributed by atoms with Gasteiger partial charge in [-0.05, 0) is 29.8 Å². The number of pyridine rings is 1. The first kappa shape index (κ1) is 19.4. The molecule has 2 aromatic carbocycles. The van der Waals surface area contributed by atoms with E-state index in [0.29, 0.717) is 11.3 Å². The van der Waals surface area contributed by atoms with Gasteiger partial charge in [-0.15, -0.1) is 11.3 Å². The minimum Gasteiger partial charge on any atom is -0.326 e. The number of anilines is 1. The highest BCUT2D eigenvalue weighted by molar-refractivity contribution is 7.13. The van der Waals surface area contributed by atoms with Crippen LogP contribution in [0.25, 0.3) is 21.8 Å². The molecule has 0 saturated carbocycles. The van der Waals surface area contributed by atoms with Crippen molar-refractivity contribution in [3.05, 3.63) is 94.1 Å². The number of rotatable bonds is 6. The van der Waals surface area contributed by atoms with E-state index in [1.165, 1.54) is 23.5 Å². The van der Waals surface area contributed by atoms with Crippen LogP contribution in [0.3, 0.4) is 0 Å². The van der Waals surface area contributed by atoms with Gasteiger partial charge in [-0.2, -0.15) is 0 Å². The van der Waals surface area contributed by atoms with E-state index in [-0.39, 0.29) is 18.0 Å². The number of hydrogen-bond acceptors (Lipinski definition) is 6. The summed E-state index contributed by atoms with van der Waals surface area (Å²) in [6, 6.07) is 17.3. The van der Waals surface area contributed by atoms with Crippen LogP contribution in [0.5, 0.6) is 0 Å². The largest absolute Gasteiger partial charge is 0.326 e. The summed E-state index contributed by atoms with van der Waals surface area (Å²) in [5, 5.41) is 16.4. The summed E-state index contributed by atoms with van der Waals surface area (Å²) in [6.45, 7) is 0. The molecular formula is C22H16N4O3S. The SMILES string of the molecule is O=C(Cc1ccc([N+](=O)[O-])cc1)Nc1cccc(-c2csc(-c3cccnc3)n2)c1. The molecule has 1 amide bonds. The predicted molar refractivity (Wildman–Crippen MR) is 116 cm³/mol. The van der Waals surface area contributed by atoms with Gasteiger partial charge in [0.25, 0.3) is 5.69 Å². The van der Waals surface area contributed by atoms with Crippen LogP contribution >= 0.6 is 11.3 Å². The fourth-order valence-electron chi connectivity index (χ4n) is 2.91. The second-order valence-corrected chi connectivity index (χ2v) is 7.37.